The van der Waals surface area contributed by atoms with Crippen LogP contribution in [-0.2, 0) is 12.8 Å². The van der Waals surface area contributed by atoms with Crippen molar-refractivity contribution in [2.45, 2.75) is 44.1 Å². The fraction of sp³-hybridized carbons (Fsp3) is 0.500. The van der Waals surface area contributed by atoms with Gasteiger partial charge in [-0.15, -0.1) is 0 Å². The molecule has 0 amide bonds. The predicted molar refractivity (Wildman–Crippen MR) is 103 cm³/mol. The van der Waals surface area contributed by atoms with Crippen molar-refractivity contribution in [2.24, 2.45) is 0 Å². The van der Waals surface area contributed by atoms with Crippen LogP contribution in [0.5, 0.6) is 5.88 Å². The average molecular weight is 353 g/mol. The molecule has 4 N–H and O–H groups in total. The maximum atomic E-state index is 6.26. The van der Waals surface area contributed by atoms with Crippen LogP contribution in [0.3, 0.4) is 0 Å². The first-order chi connectivity index (χ1) is 12.6. The summed E-state index contributed by atoms with van der Waals surface area (Å²) in [5.41, 5.74) is 13.9. The number of aromatic nitrogens is 2. The van der Waals surface area contributed by atoms with E-state index in [1.165, 1.54) is 12.0 Å². The third-order valence-corrected chi connectivity index (χ3v) is 5.60. The molecule has 6 nitrogen and oxygen atoms in total. The van der Waals surface area contributed by atoms with Crippen LogP contribution in [0.25, 0.3) is 0 Å². The Hall–Kier alpha value is -2.34. The zero-order chi connectivity index (χ0) is 18.0. The van der Waals surface area contributed by atoms with Crippen LogP contribution in [0.4, 0.5) is 11.8 Å². The second-order valence-electron chi connectivity index (χ2n) is 7.50. The first-order valence-electron chi connectivity index (χ1n) is 9.51. The van der Waals surface area contributed by atoms with E-state index in [2.05, 4.69) is 45.2 Å². The molecule has 6 heteroatoms. The molecule has 4 rings (SSSR count). The Balaban J connectivity index is 1.33. The molecule has 1 unspecified atom stereocenters. The minimum absolute atomic E-state index is 0.187. The Bertz CT molecular complexity index is 766. The molecule has 2 aliphatic heterocycles. The summed E-state index contributed by atoms with van der Waals surface area (Å²) in [7, 11) is 0. The number of hydrogen-bond acceptors (Lipinski definition) is 6. The van der Waals surface area contributed by atoms with Crippen molar-refractivity contribution in [2.75, 3.05) is 31.1 Å². The van der Waals surface area contributed by atoms with Crippen molar-refractivity contribution >= 4 is 11.8 Å². The van der Waals surface area contributed by atoms with E-state index in [0.29, 0.717) is 11.7 Å². The van der Waals surface area contributed by atoms with E-state index < -0.39 is 0 Å². The number of fused-ring (bicyclic) bond motifs is 1. The van der Waals surface area contributed by atoms with Crippen LogP contribution >= 0.6 is 0 Å². The van der Waals surface area contributed by atoms with Gasteiger partial charge in [-0.1, -0.05) is 30.3 Å². The van der Waals surface area contributed by atoms with E-state index in [0.717, 1.165) is 57.3 Å². The van der Waals surface area contributed by atoms with E-state index in [4.69, 9.17) is 16.2 Å². The Morgan fingerprint density at radius 2 is 1.92 bits per heavy atom. The number of nitrogens with zero attached hydrogens (tertiary/aromatic N) is 3. The minimum Gasteiger partial charge on any atom is -0.470 e. The van der Waals surface area contributed by atoms with Gasteiger partial charge in [0.25, 0.3) is 0 Å². The van der Waals surface area contributed by atoms with Gasteiger partial charge in [0.05, 0.1) is 5.56 Å². The van der Waals surface area contributed by atoms with Crippen LogP contribution in [0, 0.1) is 0 Å². The Morgan fingerprint density at radius 1 is 1.08 bits per heavy atom. The smallest absolute Gasteiger partial charge is 0.225 e. The lowest BCUT2D eigenvalue weighted by molar-refractivity contribution is 0.0731. The van der Waals surface area contributed by atoms with Crippen molar-refractivity contribution in [3.63, 3.8) is 0 Å². The average Bonchev–Trinajstić information content (AvgIpc) is 2.87. The quantitative estimate of drug-likeness (QED) is 0.877. The zero-order valence-corrected chi connectivity index (χ0v) is 15.2. The van der Waals surface area contributed by atoms with Gasteiger partial charge in [0.15, 0.2) is 0 Å². The molecule has 1 atom stereocenters. The molecule has 0 saturated carbocycles. The van der Waals surface area contributed by atoms with Crippen LogP contribution in [0.15, 0.2) is 30.3 Å². The first-order valence-corrected chi connectivity index (χ1v) is 9.51. The second-order valence-corrected chi connectivity index (χ2v) is 7.50. The van der Waals surface area contributed by atoms with Crippen molar-refractivity contribution < 1.29 is 4.74 Å². The van der Waals surface area contributed by atoms with E-state index in [-0.39, 0.29) is 11.5 Å². The highest BCUT2D eigenvalue weighted by Crippen LogP contribution is 2.42. The molecule has 2 aromatic rings. The van der Waals surface area contributed by atoms with Gasteiger partial charge < -0.3 is 21.1 Å². The number of nitrogens with two attached hydrogens (primary N) is 2. The monoisotopic (exact) mass is 353 g/mol. The number of ether oxygens (including phenoxy) is 1. The maximum Gasteiger partial charge on any atom is 0.225 e. The van der Waals surface area contributed by atoms with Crippen molar-refractivity contribution in [1.29, 1.82) is 0 Å². The third kappa shape index (κ3) is 3.60. The van der Waals surface area contributed by atoms with Crippen LogP contribution in [0.2, 0.25) is 0 Å². The van der Waals surface area contributed by atoms with Crippen molar-refractivity contribution in [1.82, 2.24) is 14.9 Å². The Morgan fingerprint density at radius 3 is 2.77 bits per heavy atom. The lowest BCUT2D eigenvalue weighted by Crippen LogP contribution is -2.36. The normalized spacial score (nSPS) is 22.8. The van der Waals surface area contributed by atoms with E-state index in [1.807, 2.05) is 0 Å². The Labute approximate surface area is 154 Å². The van der Waals surface area contributed by atoms with Crippen molar-refractivity contribution in [3.8, 4) is 5.88 Å². The van der Waals surface area contributed by atoms with Crippen molar-refractivity contribution in [3.05, 3.63) is 41.5 Å². The lowest BCUT2D eigenvalue weighted by atomic mass is 9.90. The number of aryl methyl sites for hydroxylation is 1. The molecule has 1 saturated heterocycles. The number of rotatable bonds is 4. The number of hydrogen-bond donors (Lipinski definition) is 2. The summed E-state index contributed by atoms with van der Waals surface area (Å²) in [6.45, 7) is 3.30. The molecule has 1 fully saturated rings. The summed E-state index contributed by atoms with van der Waals surface area (Å²) >= 11 is 0. The molecule has 2 aliphatic rings. The highest BCUT2D eigenvalue weighted by Gasteiger charge is 2.42. The zero-order valence-electron chi connectivity index (χ0n) is 15.2. The minimum atomic E-state index is -0.187. The maximum absolute atomic E-state index is 6.26. The predicted octanol–water partition coefficient (Wildman–Crippen LogP) is 2.43. The molecule has 0 aliphatic carbocycles. The summed E-state index contributed by atoms with van der Waals surface area (Å²) in [4.78, 5) is 10.9. The van der Waals surface area contributed by atoms with Crippen LogP contribution in [0.1, 0.15) is 36.8 Å². The molecule has 3 heterocycles. The highest BCUT2D eigenvalue weighted by atomic mass is 16.5. The van der Waals surface area contributed by atoms with E-state index >= 15 is 0 Å². The van der Waals surface area contributed by atoms with Gasteiger partial charge >= 0.3 is 0 Å². The van der Waals surface area contributed by atoms with Gasteiger partial charge in [-0.25, -0.2) is 0 Å². The molecule has 1 aromatic heterocycles. The fourth-order valence-electron chi connectivity index (χ4n) is 4.19. The molecule has 0 radical (unpaired) electrons. The topological polar surface area (TPSA) is 90.3 Å². The first kappa shape index (κ1) is 17.1. The molecule has 0 bridgehead atoms. The van der Waals surface area contributed by atoms with Gasteiger partial charge in [0.2, 0.25) is 11.8 Å². The summed E-state index contributed by atoms with van der Waals surface area (Å²) < 4.78 is 6.26. The largest absolute Gasteiger partial charge is 0.470 e. The summed E-state index contributed by atoms with van der Waals surface area (Å²) in [5.74, 6) is 1.25. The number of anilines is 2. The summed E-state index contributed by atoms with van der Waals surface area (Å²) in [6.07, 6.45) is 6.27. The van der Waals surface area contributed by atoms with E-state index in [1.54, 1.807) is 0 Å². The standard InChI is InChI=1S/C20H27N5O/c21-17-16-14-20(26-18(16)24-19(22)23-17)9-5-12-25(13-10-20)11-4-8-15-6-2-1-3-7-15/h1-3,6-7H,4-5,8-14H2,(H4,21,22,23,24). The highest BCUT2D eigenvalue weighted by molar-refractivity contribution is 5.52. The summed E-state index contributed by atoms with van der Waals surface area (Å²) in [6, 6.07) is 10.7. The van der Waals surface area contributed by atoms with Gasteiger partial charge in [0.1, 0.15) is 11.4 Å². The molecular formula is C20H27N5O. The van der Waals surface area contributed by atoms with Crippen LogP contribution < -0.4 is 16.2 Å². The lowest BCUT2D eigenvalue weighted by Gasteiger charge is -2.27. The molecule has 1 aromatic carbocycles. The molecule has 26 heavy (non-hydrogen) atoms. The number of nitrogen functional groups attached to an aromatic ring is 2. The molecular weight excluding hydrogens is 326 g/mol. The van der Waals surface area contributed by atoms with Crippen LogP contribution in [-0.4, -0.2) is 40.1 Å². The summed E-state index contributed by atoms with van der Waals surface area (Å²) in [5, 5.41) is 0. The molecule has 138 valence electrons. The SMILES string of the molecule is Nc1nc(N)c2c(n1)OC1(CCCN(CCCc3ccccc3)CC1)C2. The Kier molecular flexibility index (Phi) is 4.68. The van der Waals surface area contributed by atoms with Gasteiger partial charge in [-0.05, 0) is 44.3 Å². The fourth-order valence-corrected chi connectivity index (χ4v) is 4.19. The second kappa shape index (κ2) is 7.11. The third-order valence-electron chi connectivity index (χ3n) is 5.60. The van der Waals surface area contributed by atoms with Gasteiger partial charge in [-0.2, -0.15) is 9.97 Å². The van der Waals surface area contributed by atoms with Gasteiger partial charge in [0, 0.05) is 19.4 Å². The molecule has 1 spiro atoms. The number of benzene rings is 1. The number of likely N-dealkylation sites (tertiary alicyclic amines) is 1. The van der Waals surface area contributed by atoms with E-state index in [9.17, 15) is 0 Å². The van der Waals surface area contributed by atoms with Gasteiger partial charge in [-0.3, -0.25) is 0 Å².